The molecule has 2 N–H and O–H groups in total. The quantitative estimate of drug-likeness (QED) is 0.788. The highest BCUT2D eigenvalue weighted by Gasteiger charge is 2.27. The number of hydrogen-bond acceptors (Lipinski definition) is 5. The van der Waals surface area contributed by atoms with Gasteiger partial charge >= 0.3 is 6.09 Å². The smallest absolute Gasteiger partial charge is 0.410 e. The second-order valence-corrected chi connectivity index (χ2v) is 7.86. The average molecular weight is 376 g/mol. The van der Waals surface area contributed by atoms with Gasteiger partial charge in [0.15, 0.2) is 5.78 Å². The third-order valence-corrected chi connectivity index (χ3v) is 4.36. The van der Waals surface area contributed by atoms with Crippen molar-refractivity contribution in [3.63, 3.8) is 0 Å². The number of rotatable bonds is 4. The maximum atomic E-state index is 12.3. The largest absolute Gasteiger partial charge is 0.507 e. The number of phenols is 1. The number of aromatic hydroxyl groups is 1. The Morgan fingerprint density at radius 1 is 1.22 bits per heavy atom. The monoisotopic (exact) mass is 376 g/mol. The van der Waals surface area contributed by atoms with E-state index in [9.17, 15) is 19.5 Å². The van der Waals surface area contributed by atoms with Crippen molar-refractivity contribution in [2.24, 2.45) is 0 Å². The van der Waals surface area contributed by atoms with Crippen LogP contribution < -0.4 is 5.32 Å². The first-order chi connectivity index (χ1) is 12.6. The number of para-hydroxylation sites is 1. The highest BCUT2D eigenvalue weighted by atomic mass is 16.6. The number of ketones is 1. The summed E-state index contributed by atoms with van der Waals surface area (Å²) < 4.78 is 5.36. The summed E-state index contributed by atoms with van der Waals surface area (Å²) in [6, 6.07) is 4.78. The highest BCUT2D eigenvalue weighted by molar-refractivity contribution is 5.97. The maximum absolute atomic E-state index is 12.3. The average Bonchev–Trinajstić information content (AvgIpc) is 2.55. The topological polar surface area (TPSA) is 95.9 Å². The standard InChI is InChI=1S/C20H28N2O5/c1-13(23)16-7-5-6-14(18(16)25)12-17(24)21-15-8-10-22(11-9-15)19(26)27-20(2,3)4/h5-7,15,25H,8-12H2,1-4H3,(H,21,24). The van der Waals surface area contributed by atoms with Crippen LogP contribution in [-0.2, 0) is 16.0 Å². The Labute approximate surface area is 159 Å². The van der Waals surface area contributed by atoms with Gasteiger partial charge in [-0.2, -0.15) is 0 Å². The molecule has 0 aromatic heterocycles. The van der Waals surface area contributed by atoms with E-state index < -0.39 is 5.60 Å². The Morgan fingerprint density at radius 3 is 2.41 bits per heavy atom. The van der Waals surface area contributed by atoms with E-state index >= 15 is 0 Å². The Hall–Kier alpha value is -2.57. The molecule has 1 aromatic carbocycles. The van der Waals surface area contributed by atoms with E-state index in [1.54, 1.807) is 17.0 Å². The third kappa shape index (κ3) is 5.98. The van der Waals surface area contributed by atoms with Gasteiger partial charge in [-0.3, -0.25) is 9.59 Å². The maximum Gasteiger partial charge on any atom is 0.410 e. The van der Waals surface area contributed by atoms with Crippen LogP contribution >= 0.6 is 0 Å². The van der Waals surface area contributed by atoms with Crippen molar-refractivity contribution >= 4 is 17.8 Å². The lowest BCUT2D eigenvalue weighted by Crippen LogP contribution is -2.48. The van der Waals surface area contributed by atoms with Crippen LogP contribution in [0.4, 0.5) is 4.79 Å². The summed E-state index contributed by atoms with van der Waals surface area (Å²) in [4.78, 5) is 37.5. The Kier molecular flexibility index (Phi) is 6.46. The molecule has 27 heavy (non-hydrogen) atoms. The van der Waals surface area contributed by atoms with Crippen molar-refractivity contribution in [1.29, 1.82) is 0 Å². The summed E-state index contributed by atoms with van der Waals surface area (Å²) >= 11 is 0. The van der Waals surface area contributed by atoms with Crippen LogP contribution in [0.2, 0.25) is 0 Å². The fourth-order valence-corrected chi connectivity index (χ4v) is 3.00. The molecule has 1 heterocycles. The van der Waals surface area contributed by atoms with Gasteiger partial charge in [-0.15, -0.1) is 0 Å². The van der Waals surface area contributed by atoms with E-state index in [4.69, 9.17) is 4.74 Å². The fraction of sp³-hybridized carbons (Fsp3) is 0.550. The molecule has 1 aliphatic heterocycles. The van der Waals surface area contributed by atoms with Crippen molar-refractivity contribution < 1.29 is 24.2 Å². The molecule has 0 aliphatic carbocycles. The number of ether oxygens (including phenoxy) is 1. The van der Waals surface area contributed by atoms with E-state index in [1.165, 1.54) is 13.0 Å². The Morgan fingerprint density at radius 2 is 1.85 bits per heavy atom. The lowest BCUT2D eigenvalue weighted by atomic mass is 10.0. The number of phenolic OH excluding ortho intramolecular Hbond substituents is 1. The van der Waals surface area contributed by atoms with Crippen LogP contribution in [0.25, 0.3) is 0 Å². The number of carbonyl (C=O) groups is 3. The van der Waals surface area contributed by atoms with Gasteiger partial charge in [0.2, 0.25) is 5.91 Å². The molecule has 1 aromatic rings. The van der Waals surface area contributed by atoms with Crippen LogP contribution in [-0.4, -0.2) is 52.5 Å². The Bertz CT molecular complexity index is 716. The highest BCUT2D eigenvalue weighted by Crippen LogP contribution is 2.23. The lowest BCUT2D eigenvalue weighted by molar-refractivity contribution is -0.121. The molecule has 1 saturated heterocycles. The van der Waals surface area contributed by atoms with Crippen molar-refractivity contribution in [2.45, 2.75) is 58.6 Å². The van der Waals surface area contributed by atoms with Crippen LogP contribution in [0.5, 0.6) is 5.75 Å². The molecule has 7 heteroatoms. The second kappa shape index (κ2) is 8.41. The zero-order valence-electron chi connectivity index (χ0n) is 16.4. The van der Waals surface area contributed by atoms with Crippen LogP contribution in [0.1, 0.15) is 56.5 Å². The Balaban J connectivity index is 1.86. The van der Waals surface area contributed by atoms with Crippen LogP contribution in [0.15, 0.2) is 18.2 Å². The molecular formula is C20H28N2O5. The van der Waals surface area contributed by atoms with Crippen molar-refractivity contribution in [1.82, 2.24) is 10.2 Å². The number of nitrogens with one attached hydrogen (secondary N) is 1. The number of benzene rings is 1. The summed E-state index contributed by atoms with van der Waals surface area (Å²) in [6.07, 6.45) is 0.951. The molecule has 1 aliphatic rings. The summed E-state index contributed by atoms with van der Waals surface area (Å²) in [7, 11) is 0. The predicted molar refractivity (Wildman–Crippen MR) is 101 cm³/mol. The van der Waals surface area contributed by atoms with E-state index in [0.29, 0.717) is 31.5 Å². The molecule has 2 amide bonds. The SMILES string of the molecule is CC(=O)c1cccc(CC(=O)NC2CCN(C(=O)OC(C)(C)C)CC2)c1O. The first kappa shape index (κ1) is 20.7. The minimum absolute atomic E-state index is 0.000760. The van der Waals surface area contributed by atoms with Gasteiger partial charge in [0.1, 0.15) is 11.4 Å². The van der Waals surface area contributed by atoms with Gasteiger partial charge in [0.05, 0.1) is 12.0 Å². The molecule has 0 atom stereocenters. The number of amides is 2. The van der Waals surface area contributed by atoms with Gasteiger partial charge < -0.3 is 20.1 Å². The predicted octanol–water partition coefficient (Wildman–Crippen LogP) is 2.65. The second-order valence-electron chi connectivity index (χ2n) is 7.86. The first-order valence-electron chi connectivity index (χ1n) is 9.16. The minimum Gasteiger partial charge on any atom is -0.507 e. The van der Waals surface area contributed by atoms with Gasteiger partial charge in [-0.1, -0.05) is 12.1 Å². The molecule has 0 unspecified atom stereocenters. The summed E-state index contributed by atoms with van der Waals surface area (Å²) in [5.74, 6) is -0.606. The molecule has 0 saturated carbocycles. The lowest BCUT2D eigenvalue weighted by Gasteiger charge is -2.33. The van der Waals surface area contributed by atoms with Crippen molar-refractivity contribution in [3.8, 4) is 5.75 Å². The summed E-state index contributed by atoms with van der Waals surface area (Å²) in [5, 5.41) is 13.1. The number of nitrogens with zero attached hydrogens (tertiary/aromatic N) is 1. The van der Waals surface area contributed by atoms with E-state index in [2.05, 4.69) is 5.32 Å². The van der Waals surface area contributed by atoms with E-state index in [0.717, 1.165) is 0 Å². The van der Waals surface area contributed by atoms with Gasteiger partial charge in [0.25, 0.3) is 0 Å². The third-order valence-electron chi connectivity index (χ3n) is 4.36. The molecule has 0 spiro atoms. The number of piperidine rings is 1. The minimum atomic E-state index is -0.529. The molecule has 1 fully saturated rings. The van der Waals surface area contributed by atoms with Gasteiger partial charge in [-0.05, 0) is 46.6 Å². The molecular weight excluding hydrogens is 348 g/mol. The summed E-state index contributed by atoms with van der Waals surface area (Å²) in [5.41, 5.74) is 0.107. The van der Waals surface area contributed by atoms with Crippen molar-refractivity contribution in [3.05, 3.63) is 29.3 Å². The van der Waals surface area contributed by atoms with E-state index in [1.807, 2.05) is 20.8 Å². The number of carbonyl (C=O) groups excluding carboxylic acids is 3. The molecule has 2 rings (SSSR count). The molecule has 0 radical (unpaired) electrons. The molecule has 0 bridgehead atoms. The fourth-order valence-electron chi connectivity index (χ4n) is 3.00. The zero-order valence-corrected chi connectivity index (χ0v) is 16.4. The van der Waals surface area contributed by atoms with Gasteiger partial charge in [0, 0.05) is 24.7 Å². The zero-order chi connectivity index (χ0) is 20.2. The summed E-state index contributed by atoms with van der Waals surface area (Å²) in [6.45, 7) is 7.89. The number of Topliss-reactive ketones (excluding diaryl/α,β-unsaturated/α-hetero) is 1. The molecule has 148 valence electrons. The molecule has 7 nitrogen and oxygen atoms in total. The first-order valence-corrected chi connectivity index (χ1v) is 9.16. The normalized spacial score (nSPS) is 15.3. The van der Waals surface area contributed by atoms with Crippen molar-refractivity contribution in [2.75, 3.05) is 13.1 Å². The number of likely N-dealkylation sites (tertiary alicyclic amines) is 1. The van der Waals surface area contributed by atoms with E-state index in [-0.39, 0.29) is 41.6 Å². The number of hydrogen-bond donors (Lipinski definition) is 2. The van der Waals surface area contributed by atoms with Crippen LogP contribution in [0, 0.1) is 0 Å². The van der Waals surface area contributed by atoms with Gasteiger partial charge in [-0.25, -0.2) is 4.79 Å². The van der Waals surface area contributed by atoms with Crippen LogP contribution in [0.3, 0.4) is 0 Å².